The molecule has 20 heavy (non-hydrogen) atoms. The smallest absolute Gasteiger partial charge is 0.245 e. The molecular weight excluding hydrogens is 283 g/mol. The molecule has 0 atom stereocenters. The zero-order chi connectivity index (χ0) is 14.8. The molecule has 7 heteroatoms. The number of nitrogens with two attached hydrogens (primary N) is 1. The van der Waals surface area contributed by atoms with Gasteiger partial charge in [-0.05, 0) is 38.0 Å². The first-order chi connectivity index (χ1) is 9.45. The van der Waals surface area contributed by atoms with E-state index in [-0.39, 0.29) is 16.7 Å². The van der Waals surface area contributed by atoms with Crippen LogP contribution >= 0.6 is 0 Å². The van der Waals surface area contributed by atoms with Gasteiger partial charge in [0.05, 0.1) is 6.10 Å². The number of sulfonamides is 1. The summed E-state index contributed by atoms with van der Waals surface area (Å²) in [6, 6.07) is 3.64. The molecule has 0 bridgehead atoms. The van der Waals surface area contributed by atoms with E-state index in [4.69, 9.17) is 10.5 Å². The van der Waals surface area contributed by atoms with Crippen molar-refractivity contribution in [2.45, 2.75) is 30.8 Å². The number of anilines is 1. The average Bonchev–Trinajstić information content (AvgIpc) is 2.39. The predicted molar refractivity (Wildman–Crippen MR) is 74.2 cm³/mol. The van der Waals surface area contributed by atoms with Gasteiger partial charge in [-0.25, -0.2) is 12.8 Å². The monoisotopic (exact) mass is 302 g/mol. The van der Waals surface area contributed by atoms with Crippen LogP contribution in [0.25, 0.3) is 0 Å². The van der Waals surface area contributed by atoms with Gasteiger partial charge in [0.15, 0.2) is 0 Å². The SMILES string of the molecule is CCOC1CCN(S(=O)(=O)c2ccc(N)cc2F)CC1. The number of hydrogen-bond acceptors (Lipinski definition) is 4. The van der Waals surface area contributed by atoms with E-state index in [9.17, 15) is 12.8 Å². The molecule has 0 radical (unpaired) electrons. The number of rotatable bonds is 4. The van der Waals surface area contributed by atoms with E-state index in [0.717, 1.165) is 6.07 Å². The van der Waals surface area contributed by atoms with Crippen LogP contribution in [-0.2, 0) is 14.8 Å². The average molecular weight is 302 g/mol. The van der Waals surface area contributed by atoms with E-state index in [1.165, 1.54) is 16.4 Å². The van der Waals surface area contributed by atoms with Gasteiger partial charge in [0.2, 0.25) is 10.0 Å². The molecule has 1 aromatic carbocycles. The topological polar surface area (TPSA) is 72.6 Å². The van der Waals surface area contributed by atoms with E-state index in [2.05, 4.69) is 0 Å². The van der Waals surface area contributed by atoms with Crippen molar-refractivity contribution < 1.29 is 17.5 Å². The Kier molecular flexibility index (Phi) is 4.62. The van der Waals surface area contributed by atoms with Gasteiger partial charge in [0.25, 0.3) is 0 Å². The molecule has 0 unspecified atom stereocenters. The summed E-state index contributed by atoms with van der Waals surface area (Å²) in [6.45, 7) is 3.21. The zero-order valence-corrected chi connectivity index (χ0v) is 12.2. The number of piperidine rings is 1. The van der Waals surface area contributed by atoms with Gasteiger partial charge < -0.3 is 10.5 Å². The second kappa shape index (κ2) is 6.07. The molecule has 1 saturated heterocycles. The molecule has 0 amide bonds. The van der Waals surface area contributed by atoms with E-state index in [1.54, 1.807) is 0 Å². The van der Waals surface area contributed by atoms with Gasteiger partial charge in [0.1, 0.15) is 10.7 Å². The van der Waals surface area contributed by atoms with Crippen molar-refractivity contribution >= 4 is 15.7 Å². The Bertz CT molecular complexity index is 569. The number of ether oxygens (including phenoxy) is 1. The molecule has 112 valence electrons. The van der Waals surface area contributed by atoms with E-state index in [0.29, 0.717) is 32.5 Å². The van der Waals surface area contributed by atoms with Gasteiger partial charge in [0, 0.05) is 25.4 Å². The molecule has 0 aliphatic carbocycles. The quantitative estimate of drug-likeness (QED) is 0.857. The zero-order valence-electron chi connectivity index (χ0n) is 11.4. The van der Waals surface area contributed by atoms with Crippen LogP contribution in [-0.4, -0.2) is 38.5 Å². The first-order valence-corrected chi connectivity index (χ1v) is 8.06. The largest absolute Gasteiger partial charge is 0.399 e. The summed E-state index contributed by atoms with van der Waals surface area (Å²) in [6.07, 6.45) is 1.34. The van der Waals surface area contributed by atoms with Crippen LogP contribution in [0.15, 0.2) is 23.1 Å². The second-order valence-electron chi connectivity index (χ2n) is 4.75. The minimum atomic E-state index is -3.80. The van der Waals surface area contributed by atoms with Crippen LogP contribution in [0.4, 0.5) is 10.1 Å². The highest BCUT2D eigenvalue weighted by atomic mass is 32.2. The fourth-order valence-corrected chi connectivity index (χ4v) is 3.86. The highest BCUT2D eigenvalue weighted by Crippen LogP contribution is 2.25. The van der Waals surface area contributed by atoms with Gasteiger partial charge in [-0.3, -0.25) is 0 Å². The molecule has 2 rings (SSSR count). The van der Waals surface area contributed by atoms with Gasteiger partial charge in [-0.15, -0.1) is 0 Å². The number of halogens is 1. The summed E-state index contributed by atoms with van der Waals surface area (Å²) in [7, 11) is -3.80. The standard InChI is InChI=1S/C13H19FN2O3S/c1-2-19-11-5-7-16(8-6-11)20(17,18)13-4-3-10(15)9-12(13)14/h3-4,9,11H,2,5-8,15H2,1H3. The van der Waals surface area contributed by atoms with Crippen LogP contribution < -0.4 is 5.73 Å². The number of hydrogen-bond donors (Lipinski definition) is 1. The first kappa shape index (κ1) is 15.2. The summed E-state index contributed by atoms with van der Waals surface area (Å²) >= 11 is 0. The van der Waals surface area contributed by atoms with Crippen LogP contribution in [0.2, 0.25) is 0 Å². The normalized spacial score (nSPS) is 18.3. The minimum Gasteiger partial charge on any atom is -0.399 e. The predicted octanol–water partition coefficient (Wildman–Crippen LogP) is 1.60. The molecule has 1 heterocycles. The first-order valence-electron chi connectivity index (χ1n) is 6.62. The van der Waals surface area contributed by atoms with Crippen molar-refractivity contribution in [3.05, 3.63) is 24.0 Å². The molecule has 1 aliphatic heterocycles. The Labute approximate surface area is 118 Å². The molecule has 0 spiro atoms. The highest BCUT2D eigenvalue weighted by Gasteiger charge is 2.31. The van der Waals surface area contributed by atoms with Crippen molar-refractivity contribution in [3.63, 3.8) is 0 Å². The molecule has 1 aliphatic rings. The third kappa shape index (κ3) is 3.11. The van der Waals surface area contributed by atoms with Crippen LogP contribution in [0.3, 0.4) is 0 Å². The second-order valence-corrected chi connectivity index (χ2v) is 6.66. The third-order valence-electron chi connectivity index (χ3n) is 3.38. The highest BCUT2D eigenvalue weighted by molar-refractivity contribution is 7.89. The summed E-state index contributed by atoms with van der Waals surface area (Å²) in [5.74, 6) is -0.808. The van der Waals surface area contributed by atoms with Crippen molar-refractivity contribution in [2.24, 2.45) is 0 Å². The van der Waals surface area contributed by atoms with Crippen LogP contribution in [0, 0.1) is 5.82 Å². The Morgan fingerprint density at radius 1 is 1.40 bits per heavy atom. The molecule has 5 nitrogen and oxygen atoms in total. The Hall–Kier alpha value is -1.18. The maximum Gasteiger partial charge on any atom is 0.245 e. The molecule has 0 saturated carbocycles. The van der Waals surface area contributed by atoms with Gasteiger partial charge in [-0.1, -0.05) is 0 Å². The summed E-state index contributed by atoms with van der Waals surface area (Å²) in [4.78, 5) is -0.318. The number of nitrogens with zero attached hydrogens (tertiary/aromatic N) is 1. The van der Waals surface area contributed by atoms with Crippen LogP contribution in [0.5, 0.6) is 0 Å². The van der Waals surface area contributed by atoms with E-state index in [1.807, 2.05) is 6.92 Å². The van der Waals surface area contributed by atoms with Crippen molar-refractivity contribution in [1.29, 1.82) is 0 Å². The lowest BCUT2D eigenvalue weighted by atomic mass is 10.1. The van der Waals surface area contributed by atoms with Crippen molar-refractivity contribution in [2.75, 3.05) is 25.4 Å². The third-order valence-corrected chi connectivity index (χ3v) is 5.31. The molecule has 1 fully saturated rings. The molecule has 1 aromatic rings. The molecule has 2 N–H and O–H groups in total. The fraction of sp³-hybridized carbons (Fsp3) is 0.538. The number of benzene rings is 1. The minimum absolute atomic E-state index is 0.0858. The Morgan fingerprint density at radius 2 is 2.05 bits per heavy atom. The molecular formula is C13H19FN2O3S. The van der Waals surface area contributed by atoms with Gasteiger partial charge >= 0.3 is 0 Å². The Balaban J connectivity index is 2.15. The maximum atomic E-state index is 13.8. The summed E-state index contributed by atoms with van der Waals surface area (Å²) in [5, 5.41) is 0. The lowest BCUT2D eigenvalue weighted by molar-refractivity contribution is 0.0290. The maximum absolute atomic E-state index is 13.8. The number of nitrogen functional groups attached to an aromatic ring is 1. The Morgan fingerprint density at radius 3 is 2.60 bits per heavy atom. The fourth-order valence-electron chi connectivity index (χ4n) is 2.34. The molecule has 0 aromatic heterocycles. The summed E-state index contributed by atoms with van der Waals surface area (Å²) in [5.41, 5.74) is 5.64. The lowest BCUT2D eigenvalue weighted by Gasteiger charge is -2.31. The van der Waals surface area contributed by atoms with Crippen LogP contribution in [0.1, 0.15) is 19.8 Å². The van der Waals surface area contributed by atoms with Crippen molar-refractivity contribution in [1.82, 2.24) is 4.31 Å². The lowest BCUT2D eigenvalue weighted by Crippen LogP contribution is -2.41. The van der Waals surface area contributed by atoms with Crippen molar-refractivity contribution in [3.8, 4) is 0 Å². The summed E-state index contributed by atoms with van der Waals surface area (Å²) < 4.78 is 45.3. The van der Waals surface area contributed by atoms with E-state index >= 15 is 0 Å². The van der Waals surface area contributed by atoms with E-state index < -0.39 is 15.8 Å². The van der Waals surface area contributed by atoms with Gasteiger partial charge in [-0.2, -0.15) is 4.31 Å².